The molecule has 3 heteroatoms. The lowest BCUT2D eigenvalue weighted by atomic mass is 9.98. The second-order valence-electron chi connectivity index (χ2n) is 4.74. The number of carbonyl (C=O) groups is 1. The Morgan fingerprint density at radius 2 is 2.13 bits per heavy atom. The molecule has 0 aliphatic carbocycles. The van der Waals surface area contributed by atoms with Crippen molar-refractivity contribution in [2.45, 2.75) is 57.3 Å². The first-order valence-electron chi connectivity index (χ1n) is 6.02. The van der Waals surface area contributed by atoms with E-state index in [0.717, 1.165) is 13.0 Å². The Hall–Kier alpha value is -0.0500. The van der Waals surface area contributed by atoms with E-state index in [4.69, 9.17) is 0 Å². The van der Waals surface area contributed by atoms with Gasteiger partial charge in [-0.05, 0) is 31.6 Å². The lowest BCUT2D eigenvalue weighted by Gasteiger charge is -2.37. The first kappa shape index (κ1) is 13.0. The molecule has 88 valence electrons. The minimum absolute atomic E-state index is 0.00958. The van der Waals surface area contributed by atoms with Gasteiger partial charge in [0, 0.05) is 12.6 Å². The van der Waals surface area contributed by atoms with Crippen LogP contribution in [-0.2, 0) is 4.79 Å². The molecule has 0 radical (unpaired) electrons. The smallest absolute Gasteiger partial charge is 0.236 e. The van der Waals surface area contributed by atoms with Gasteiger partial charge < -0.3 is 4.90 Å². The molecule has 1 amide bonds. The Balaban J connectivity index is 2.63. The Labute approximate surface area is 102 Å². The number of rotatable bonds is 3. The number of hydrogen-bond acceptors (Lipinski definition) is 1. The van der Waals surface area contributed by atoms with E-state index in [1.165, 1.54) is 19.3 Å². The van der Waals surface area contributed by atoms with Crippen molar-refractivity contribution in [2.75, 3.05) is 6.54 Å². The first-order chi connectivity index (χ1) is 7.07. The van der Waals surface area contributed by atoms with Crippen molar-refractivity contribution >= 4 is 21.8 Å². The third kappa shape index (κ3) is 3.20. The lowest BCUT2D eigenvalue weighted by Crippen LogP contribution is -2.47. The largest absolute Gasteiger partial charge is 0.339 e. The summed E-state index contributed by atoms with van der Waals surface area (Å²) in [5.74, 6) is 0.661. The third-order valence-corrected chi connectivity index (χ3v) is 4.65. The Kier molecular flexibility index (Phi) is 5.10. The summed E-state index contributed by atoms with van der Waals surface area (Å²) in [6.45, 7) is 7.30. The van der Waals surface area contributed by atoms with Crippen molar-refractivity contribution in [3.63, 3.8) is 0 Å². The normalized spacial score (nSPS) is 24.3. The highest BCUT2D eigenvalue weighted by Crippen LogP contribution is 2.24. The van der Waals surface area contributed by atoms with Gasteiger partial charge in [-0.3, -0.25) is 4.79 Å². The molecule has 1 aliphatic rings. The van der Waals surface area contributed by atoms with E-state index in [2.05, 4.69) is 41.6 Å². The number of amides is 1. The maximum Gasteiger partial charge on any atom is 0.236 e. The second-order valence-corrected chi connectivity index (χ2v) is 5.72. The average Bonchev–Trinajstić information content (AvgIpc) is 2.26. The van der Waals surface area contributed by atoms with Gasteiger partial charge in [-0.2, -0.15) is 0 Å². The van der Waals surface area contributed by atoms with Gasteiger partial charge in [-0.15, -0.1) is 0 Å². The van der Waals surface area contributed by atoms with E-state index in [9.17, 15) is 4.79 Å². The van der Waals surface area contributed by atoms with Crippen LogP contribution in [0.5, 0.6) is 0 Å². The van der Waals surface area contributed by atoms with Crippen molar-refractivity contribution in [1.82, 2.24) is 4.90 Å². The molecule has 1 saturated heterocycles. The number of halogens is 1. The van der Waals surface area contributed by atoms with Crippen LogP contribution >= 0.6 is 15.9 Å². The molecule has 0 aromatic rings. The van der Waals surface area contributed by atoms with Crippen LogP contribution in [0.4, 0.5) is 0 Å². The second kappa shape index (κ2) is 5.88. The number of alkyl halides is 1. The van der Waals surface area contributed by atoms with Gasteiger partial charge in [0.1, 0.15) is 0 Å². The number of piperidine rings is 1. The molecule has 0 bridgehead atoms. The van der Waals surface area contributed by atoms with Crippen molar-refractivity contribution in [1.29, 1.82) is 0 Å². The first-order valence-corrected chi connectivity index (χ1v) is 6.94. The zero-order valence-electron chi connectivity index (χ0n) is 10.0. The van der Waals surface area contributed by atoms with Gasteiger partial charge in [-0.25, -0.2) is 0 Å². The standard InChI is InChI=1S/C12H22BrNO/c1-4-10-7-5-6-8-14(10)12(15)11(13)9(2)3/h9-11H,4-8H2,1-3H3. The SMILES string of the molecule is CCC1CCCCN1C(=O)C(Br)C(C)C. The van der Waals surface area contributed by atoms with Gasteiger partial charge in [-0.1, -0.05) is 36.7 Å². The number of nitrogens with zero attached hydrogens (tertiary/aromatic N) is 1. The van der Waals surface area contributed by atoms with Gasteiger partial charge in [0.15, 0.2) is 0 Å². The molecule has 0 aromatic carbocycles. The summed E-state index contributed by atoms with van der Waals surface area (Å²) in [4.78, 5) is 14.3. The van der Waals surface area contributed by atoms with Crippen LogP contribution < -0.4 is 0 Å². The lowest BCUT2D eigenvalue weighted by molar-refractivity contribution is -0.134. The maximum atomic E-state index is 12.2. The minimum atomic E-state index is -0.00958. The van der Waals surface area contributed by atoms with Crippen LogP contribution in [-0.4, -0.2) is 28.2 Å². The van der Waals surface area contributed by atoms with Crippen LogP contribution in [0.3, 0.4) is 0 Å². The maximum absolute atomic E-state index is 12.2. The van der Waals surface area contributed by atoms with E-state index in [-0.39, 0.29) is 10.7 Å². The van der Waals surface area contributed by atoms with E-state index < -0.39 is 0 Å². The van der Waals surface area contributed by atoms with Crippen LogP contribution in [0.25, 0.3) is 0 Å². The van der Waals surface area contributed by atoms with Crippen molar-refractivity contribution in [3.8, 4) is 0 Å². The molecule has 2 nitrogen and oxygen atoms in total. The summed E-state index contributed by atoms with van der Waals surface area (Å²) < 4.78 is 0. The minimum Gasteiger partial charge on any atom is -0.339 e. The highest BCUT2D eigenvalue weighted by Gasteiger charge is 2.30. The van der Waals surface area contributed by atoms with Crippen LogP contribution in [0.2, 0.25) is 0 Å². The fourth-order valence-electron chi connectivity index (χ4n) is 2.16. The molecule has 2 atom stereocenters. The van der Waals surface area contributed by atoms with Crippen molar-refractivity contribution in [3.05, 3.63) is 0 Å². The molecule has 0 aromatic heterocycles. The summed E-state index contributed by atoms with van der Waals surface area (Å²) >= 11 is 3.51. The molecule has 1 rings (SSSR count). The Bertz CT molecular complexity index is 218. The van der Waals surface area contributed by atoms with Crippen LogP contribution in [0.1, 0.15) is 46.5 Å². The molecule has 0 saturated carbocycles. The summed E-state index contributed by atoms with van der Waals surface area (Å²) in [5, 5.41) is 0. The highest BCUT2D eigenvalue weighted by molar-refractivity contribution is 9.10. The summed E-state index contributed by atoms with van der Waals surface area (Å²) in [6, 6.07) is 0.477. The van der Waals surface area contributed by atoms with E-state index in [0.29, 0.717) is 12.0 Å². The van der Waals surface area contributed by atoms with Gasteiger partial charge in [0.2, 0.25) is 5.91 Å². The summed E-state index contributed by atoms with van der Waals surface area (Å²) in [7, 11) is 0. The Morgan fingerprint density at radius 3 is 2.67 bits per heavy atom. The zero-order chi connectivity index (χ0) is 11.4. The molecule has 1 aliphatic heterocycles. The third-order valence-electron chi connectivity index (χ3n) is 3.20. The fraction of sp³-hybridized carbons (Fsp3) is 0.917. The quantitative estimate of drug-likeness (QED) is 0.725. The molecular formula is C12H22BrNO. The van der Waals surface area contributed by atoms with Crippen LogP contribution in [0.15, 0.2) is 0 Å². The predicted octanol–water partition coefficient (Wildman–Crippen LogP) is 3.20. The molecule has 0 N–H and O–H groups in total. The molecular weight excluding hydrogens is 254 g/mol. The van der Waals surface area contributed by atoms with Crippen LogP contribution in [0, 0.1) is 5.92 Å². The number of likely N-dealkylation sites (tertiary alicyclic amines) is 1. The number of carbonyl (C=O) groups excluding carboxylic acids is 1. The van der Waals surface area contributed by atoms with E-state index in [1.807, 2.05) is 0 Å². The molecule has 2 unspecified atom stereocenters. The highest BCUT2D eigenvalue weighted by atomic mass is 79.9. The zero-order valence-corrected chi connectivity index (χ0v) is 11.6. The predicted molar refractivity (Wildman–Crippen MR) is 67.2 cm³/mol. The van der Waals surface area contributed by atoms with Crippen molar-refractivity contribution in [2.24, 2.45) is 5.92 Å². The molecule has 15 heavy (non-hydrogen) atoms. The van der Waals surface area contributed by atoms with E-state index in [1.54, 1.807) is 0 Å². The van der Waals surface area contributed by atoms with Gasteiger partial charge >= 0.3 is 0 Å². The van der Waals surface area contributed by atoms with Gasteiger partial charge in [0.05, 0.1) is 4.83 Å². The number of hydrogen-bond donors (Lipinski definition) is 0. The fourth-order valence-corrected chi connectivity index (χ4v) is 2.42. The van der Waals surface area contributed by atoms with Crippen molar-refractivity contribution < 1.29 is 4.79 Å². The molecule has 0 spiro atoms. The monoisotopic (exact) mass is 275 g/mol. The molecule has 1 fully saturated rings. The topological polar surface area (TPSA) is 20.3 Å². The summed E-state index contributed by atoms with van der Waals surface area (Å²) in [6.07, 6.45) is 4.71. The Morgan fingerprint density at radius 1 is 1.47 bits per heavy atom. The summed E-state index contributed by atoms with van der Waals surface area (Å²) in [5.41, 5.74) is 0. The molecule has 1 heterocycles. The van der Waals surface area contributed by atoms with Gasteiger partial charge in [0.25, 0.3) is 0 Å². The average molecular weight is 276 g/mol. The van der Waals surface area contributed by atoms with E-state index >= 15 is 0 Å².